The van der Waals surface area contributed by atoms with Gasteiger partial charge in [-0.1, -0.05) is 28.1 Å². The molecular formula is C20H29BrN6. The molecule has 0 saturated carbocycles. The van der Waals surface area contributed by atoms with Crippen LogP contribution in [0.2, 0.25) is 0 Å². The van der Waals surface area contributed by atoms with Gasteiger partial charge in [-0.25, -0.2) is 0 Å². The summed E-state index contributed by atoms with van der Waals surface area (Å²) in [5.74, 6) is 0.891. The molecule has 1 aliphatic heterocycles. The highest BCUT2D eigenvalue weighted by Crippen LogP contribution is 2.19. The molecule has 2 N–H and O–H groups in total. The van der Waals surface area contributed by atoms with Crippen molar-refractivity contribution >= 4 is 27.6 Å². The average Bonchev–Trinajstić information content (AvgIpc) is 3.11. The molecule has 2 heterocycles. The van der Waals surface area contributed by atoms with Gasteiger partial charge in [-0.3, -0.25) is 9.67 Å². The fraction of sp³-hybridized carbons (Fsp3) is 0.500. The van der Waals surface area contributed by atoms with Gasteiger partial charge in [0.1, 0.15) is 0 Å². The number of hydrogen-bond donors (Lipinski definition) is 2. The van der Waals surface area contributed by atoms with Crippen molar-refractivity contribution in [1.29, 1.82) is 0 Å². The zero-order valence-electron chi connectivity index (χ0n) is 16.2. The summed E-state index contributed by atoms with van der Waals surface area (Å²) < 4.78 is 3.00. The number of anilines is 1. The summed E-state index contributed by atoms with van der Waals surface area (Å²) in [7, 11) is 3.80. The largest absolute Gasteiger partial charge is 0.367 e. The maximum Gasteiger partial charge on any atom is 0.191 e. The molecule has 1 aliphatic rings. The van der Waals surface area contributed by atoms with E-state index in [0.29, 0.717) is 6.04 Å². The first-order valence-electron chi connectivity index (χ1n) is 9.59. The molecule has 1 unspecified atom stereocenters. The summed E-state index contributed by atoms with van der Waals surface area (Å²) in [6.45, 7) is 2.97. The zero-order valence-corrected chi connectivity index (χ0v) is 17.7. The Morgan fingerprint density at radius 1 is 1.41 bits per heavy atom. The van der Waals surface area contributed by atoms with Crippen LogP contribution in [0, 0.1) is 0 Å². The third-order valence-corrected chi connectivity index (χ3v) is 5.36. The molecule has 146 valence electrons. The maximum absolute atomic E-state index is 4.39. The number of guanidine groups is 1. The lowest BCUT2D eigenvalue weighted by Gasteiger charge is -2.34. The van der Waals surface area contributed by atoms with Crippen LogP contribution in [-0.2, 0) is 13.5 Å². The highest BCUT2D eigenvalue weighted by atomic mass is 79.9. The lowest BCUT2D eigenvalue weighted by molar-refractivity contribution is 0.468. The molecule has 7 heteroatoms. The van der Waals surface area contributed by atoms with Gasteiger partial charge in [-0.15, -0.1) is 0 Å². The number of benzene rings is 1. The number of nitrogens with zero attached hydrogens (tertiary/aromatic N) is 4. The van der Waals surface area contributed by atoms with Crippen LogP contribution in [0.5, 0.6) is 0 Å². The number of rotatable bonds is 6. The fourth-order valence-corrected chi connectivity index (χ4v) is 3.93. The second kappa shape index (κ2) is 9.78. The molecule has 1 aromatic heterocycles. The predicted octanol–water partition coefficient (Wildman–Crippen LogP) is 2.95. The number of aliphatic imine (C=N–C) groups is 1. The van der Waals surface area contributed by atoms with Crippen molar-refractivity contribution in [3.8, 4) is 0 Å². The molecule has 2 aromatic rings. The fourth-order valence-electron chi connectivity index (χ4n) is 3.48. The van der Waals surface area contributed by atoms with Crippen LogP contribution in [0.25, 0.3) is 0 Å². The van der Waals surface area contributed by atoms with Crippen LogP contribution in [0.1, 0.15) is 24.8 Å². The monoisotopic (exact) mass is 432 g/mol. The Labute approximate surface area is 170 Å². The van der Waals surface area contributed by atoms with E-state index < -0.39 is 0 Å². The van der Waals surface area contributed by atoms with Gasteiger partial charge in [0.25, 0.3) is 0 Å². The summed E-state index contributed by atoms with van der Waals surface area (Å²) >= 11 is 3.53. The first-order valence-corrected chi connectivity index (χ1v) is 10.4. The highest BCUT2D eigenvalue weighted by molar-refractivity contribution is 9.10. The quantitative estimate of drug-likeness (QED) is 0.418. The van der Waals surface area contributed by atoms with Crippen molar-refractivity contribution in [3.05, 3.63) is 46.7 Å². The summed E-state index contributed by atoms with van der Waals surface area (Å²) in [6.07, 6.45) is 8.49. The predicted molar refractivity (Wildman–Crippen MR) is 115 cm³/mol. The van der Waals surface area contributed by atoms with E-state index in [2.05, 4.69) is 72.0 Å². The number of hydrogen-bond acceptors (Lipinski definition) is 3. The number of halogens is 1. The van der Waals surface area contributed by atoms with Gasteiger partial charge in [-0.2, -0.15) is 5.10 Å². The Hall–Kier alpha value is -2.02. The molecule has 1 atom stereocenters. The summed E-state index contributed by atoms with van der Waals surface area (Å²) in [5, 5.41) is 11.3. The van der Waals surface area contributed by atoms with Crippen LogP contribution in [0.15, 0.2) is 46.1 Å². The molecule has 0 amide bonds. The summed E-state index contributed by atoms with van der Waals surface area (Å²) in [6, 6.07) is 8.90. The van der Waals surface area contributed by atoms with Gasteiger partial charge in [-0.05, 0) is 43.4 Å². The van der Waals surface area contributed by atoms with Crippen molar-refractivity contribution in [2.24, 2.45) is 12.0 Å². The standard InChI is InChI=1S/C20H29BrN6/c1-22-20(23-10-4-7-16-6-3-8-17(21)12-16)25-18-9-5-11-27(14-18)19-13-24-26(2)15-19/h3,6,8,12-13,15,18H,4-5,7,9-11,14H2,1-2H3,(H2,22,23,25). The van der Waals surface area contributed by atoms with Crippen molar-refractivity contribution in [1.82, 2.24) is 20.4 Å². The van der Waals surface area contributed by atoms with Crippen LogP contribution in [-0.4, -0.2) is 48.5 Å². The van der Waals surface area contributed by atoms with Gasteiger partial charge in [0.2, 0.25) is 0 Å². The van der Waals surface area contributed by atoms with Crippen molar-refractivity contribution < 1.29 is 0 Å². The Kier molecular flexibility index (Phi) is 7.15. The molecule has 6 nitrogen and oxygen atoms in total. The topological polar surface area (TPSA) is 57.5 Å². The highest BCUT2D eigenvalue weighted by Gasteiger charge is 2.21. The van der Waals surface area contributed by atoms with Gasteiger partial charge >= 0.3 is 0 Å². The number of aromatic nitrogens is 2. The van der Waals surface area contributed by atoms with E-state index in [1.807, 2.05) is 25.0 Å². The van der Waals surface area contributed by atoms with Crippen molar-refractivity contribution in [2.45, 2.75) is 31.7 Å². The first-order chi connectivity index (χ1) is 13.1. The third-order valence-electron chi connectivity index (χ3n) is 4.87. The number of aryl methyl sites for hydroxylation is 2. The van der Waals surface area contributed by atoms with Gasteiger partial charge in [0.15, 0.2) is 5.96 Å². The van der Waals surface area contributed by atoms with E-state index in [9.17, 15) is 0 Å². The van der Waals surface area contributed by atoms with Gasteiger partial charge in [0.05, 0.1) is 11.9 Å². The molecule has 3 rings (SSSR count). The minimum absolute atomic E-state index is 0.398. The minimum Gasteiger partial charge on any atom is -0.367 e. The third kappa shape index (κ3) is 5.99. The molecule has 1 saturated heterocycles. The number of nitrogens with one attached hydrogen (secondary N) is 2. The first kappa shape index (κ1) is 19.7. The molecule has 1 aromatic carbocycles. The molecule has 27 heavy (non-hydrogen) atoms. The van der Waals surface area contributed by atoms with Crippen LogP contribution >= 0.6 is 15.9 Å². The van der Waals surface area contributed by atoms with Crippen LogP contribution < -0.4 is 15.5 Å². The van der Waals surface area contributed by atoms with Crippen LogP contribution in [0.3, 0.4) is 0 Å². The zero-order chi connectivity index (χ0) is 19.1. The van der Waals surface area contributed by atoms with Crippen molar-refractivity contribution in [2.75, 3.05) is 31.6 Å². The lowest BCUT2D eigenvalue weighted by Crippen LogP contribution is -2.51. The number of piperidine rings is 1. The Balaban J connectivity index is 1.42. The van der Waals surface area contributed by atoms with Crippen LogP contribution in [0.4, 0.5) is 5.69 Å². The molecule has 0 spiro atoms. The molecule has 0 radical (unpaired) electrons. The van der Waals surface area contributed by atoms with E-state index in [1.54, 1.807) is 0 Å². The van der Waals surface area contributed by atoms with E-state index >= 15 is 0 Å². The second-order valence-electron chi connectivity index (χ2n) is 7.03. The maximum atomic E-state index is 4.39. The smallest absolute Gasteiger partial charge is 0.191 e. The van der Waals surface area contributed by atoms with E-state index in [-0.39, 0.29) is 0 Å². The van der Waals surface area contributed by atoms with E-state index in [4.69, 9.17) is 0 Å². The Morgan fingerprint density at radius 2 is 2.30 bits per heavy atom. The molecule has 0 aliphatic carbocycles. The SMILES string of the molecule is CN=C(NCCCc1cccc(Br)c1)NC1CCCN(c2cnn(C)c2)C1. The van der Waals surface area contributed by atoms with E-state index in [0.717, 1.165) is 49.3 Å². The Bertz CT molecular complexity index is 756. The minimum atomic E-state index is 0.398. The molecule has 1 fully saturated rings. The van der Waals surface area contributed by atoms with Crippen molar-refractivity contribution in [3.63, 3.8) is 0 Å². The second-order valence-corrected chi connectivity index (χ2v) is 7.95. The Morgan fingerprint density at radius 3 is 3.04 bits per heavy atom. The lowest BCUT2D eigenvalue weighted by atomic mass is 10.1. The normalized spacial score (nSPS) is 17.8. The van der Waals surface area contributed by atoms with Gasteiger partial charge in [0, 0.05) is 50.4 Å². The van der Waals surface area contributed by atoms with Gasteiger partial charge < -0.3 is 15.5 Å². The van der Waals surface area contributed by atoms with E-state index in [1.165, 1.54) is 17.7 Å². The average molecular weight is 433 g/mol. The summed E-state index contributed by atoms with van der Waals surface area (Å²) in [5.41, 5.74) is 2.55. The molecular weight excluding hydrogens is 404 g/mol. The summed E-state index contributed by atoms with van der Waals surface area (Å²) in [4.78, 5) is 6.79. The molecule has 0 bridgehead atoms.